The molecule has 3 heterocycles. The quantitative estimate of drug-likeness (QED) is 0.754. The molecule has 7 nitrogen and oxygen atoms in total. The largest absolute Gasteiger partial charge is 0.480 e. The fourth-order valence-corrected chi connectivity index (χ4v) is 4.52. The number of aromatic nitrogens is 2. The number of fused-ring (bicyclic) bond motifs is 1. The molecule has 0 aliphatic carbocycles. The molecular weight excluding hydrogens is 411 g/mol. The monoisotopic (exact) mass is 434 g/mol. The molecule has 0 bridgehead atoms. The van der Waals surface area contributed by atoms with E-state index in [0.29, 0.717) is 49.5 Å². The molecule has 1 aromatic carbocycles. The van der Waals surface area contributed by atoms with Gasteiger partial charge < -0.3 is 15.3 Å². The lowest BCUT2D eigenvalue weighted by Gasteiger charge is -2.29. The van der Waals surface area contributed by atoms with Crippen molar-refractivity contribution in [1.82, 2.24) is 20.0 Å². The number of carboxylic acid groups (broad SMARTS) is 1. The average Bonchev–Trinajstić information content (AvgIpc) is 3.29. The highest BCUT2D eigenvalue weighted by Gasteiger charge is 2.33. The molecule has 2 aliphatic heterocycles. The number of aryl methyl sites for hydroxylation is 1. The van der Waals surface area contributed by atoms with Crippen LogP contribution in [0.2, 0.25) is 5.02 Å². The van der Waals surface area contributed by atoms with Crippen molar-refractivity contribution in [2.75, 3.05) is 13.1 Å². The third-order valence-electron chi connectivity index (χ3n) is 6.01. The van der Waals surface area contributed by atoms with E-state index in [9.17, 15) is 14.0 Å². The highest BCUT2D eigenvalue weighted by molar-refractivity contribution is 6.30. The van der Waals surface area contributed by atoms with Crippen molar-refractivity contribution < 1.29 is 19.1 Å². The molecular formula is C21H24ClFN4O3. The molecule has 160 valence electrons. The van der Waals surface area contributed by atoms with Crippen LogP contribution in [0.15, 0.2) is 18.2 Å². The number of amides is 1. The predicted octanol–water partition coefficient (Wildman–Crippen LogP) is 2.37. The average molecular weight is 435 g/mol. The summed E-state index contributed by atoms with van der Waals surface area (Å²) in [5, 5.41) is 17.0. The van der Waals surface area contributed by atoms with Crippen molar-refractivity contribution in [3.05, 3.63) is 51.6 Å². The number of aliphatic carboxylic acids is 1. The summed E-state index contributed by atoms with van der Waals surface area (Å²) < 4.78 is 16.0. The van der Waals surface area contributed by atoms with Gasteiger partial charge in [0, 0.05) is 23.6 Å². The van der Waals surface area contributed by atoms with Crippen LogP contribution in [0.25, 0.3) is 0 Å². The Morgan fingerprint density at radius 1 is 1.40 bits per heavy atom. The molecule has 2 atom stereocenters. The molecule has 0 saturated carbocycles. The van der Waals surface area contributed by atoms with Crippen LogP contribution in [0.1, 0.15) is 35.4 Å². The topological polar surface area (TPSA) is 87.5 Å². The zero-order valence-corrected chi connectivity index (χ0v) is 17.5. The maximum absolute atomic E-state index is 14.3. The minimum absolute atomic E-state index is 0.0153. The van der Waals surface area contributed by atoms with E-state index in [-0.39, 0.29) is 24.2 Å². The van der Waals surface area contributed by atoms with Gasteiger partial charge in [0.15, 0.2) is 0 Å². The van der Waals surface area contributed by atoms with Gasteiger partial charge in [0.05, 0.1) is 24.5 Å². The van der Waals surface area contributed by atoms with E-state index in [0.717, 1.165) is 17.0 Å². The van der Waals surface area contributed by atoms with Gasteiger partial charge in [-0.3, -0.25) is 14.3 Å². The molecule has 2 aliphatic rings. The SMILES string of the molecule is Cc1nn(Cc2ccc(Cl)cc2F)c2c1CCN(C(=O)CC1CN[C@@H](C(=O)O)C1)C2. The number of nitrogens with one attached hydrogen (secondary N) is 1. The summed E-state index contributed by atoms with van der Waals surface area (Å²) in [5.41, 5.74) is 3.43. The Morgan fingerprint density at radius 2 is 2.20 bits per heavy atom. The van der Waals surface area contributed by atoms with Crippen molar-refractivity contribution in [3.8, 4) is 0 Å². The van der Waals surface area contributed by atoms with Crippen LogP contribution >= 0.6 is 11.6 Å². The van der Waals surface area contributed by atoms with Crippen LogP contribution in [0, 0.1) is 18.7 Å². The minimum atomic E-state index is -0.874. The minimum Gasteiger partial charge on any atom is -0.480 e. The van der Waals surface area contributed by atoms with Crippen molar-refractivity contribution in [3.63, 3.8) is 0 Å². The summed E-state index contributed by atoms with van der Waals surface area (Å²) in [5.74, 6) is -1.22. The molecule has 0 spiro atoms. The standard InChI is InChI=1S/C21H24ClFN4O3/c1-12-16-4-5-26(20(28)7-13-6-18(21(29)30)24-9-13)11-19(16)27(25-12)10-14-2-3-15(22)8-17(14)23/h2-3,8,13,18,24H,4-7,9-11H2,1H3,(H,29,30)/t13?,18-/m1/s1. The second-order valence-electron chi connectivity index (χ2n) is 8.07. The van der Waals surface area contributed by atoms with Crippen LogP contribution in [0.4, 0.5) is 4.39 Å². The fourth-order valence-electron chi connectivity index (χ4n) is 4.36. The first-order valence-corrected chi connectivity index (χ1v) is 10.4. The maximum Gasteiger partial charge on any atom is 0.320 e. The second kappa shape index (κ2) is 8.35. The normalized spacial score (nSPS) is 21.0. The zero-order valence-electron chi connectivity index (χ0n) is 16.7. The molecule has 1 unspecified atom stereocenters. The molecule has 2 N–H and O–H groups in total. The lowest BCUT2D eigenvalue weighted by molar-refractivity contribution is -0.139. The number of rotatable bonds is 5. The molecule has 9 heteroatoms. The number of carbonyl (C=O) groups is 2. The maximum atomic E-state index is 14.3. The molecule has 1 amide bonds. The van der Waals surface area contributed by atoms with Crippen molar-refractivity contribution in [2.24, 2.45) is 5.92 Å². The molecule has 1 fully saturated rings. The van der Waals surface area contributed by atoms with E-state index in [1.165, 1.54) is 6.07 Å². The Balaban J connectivity index is 1.46. The first kappa shape index (κ1) is 20.8. The van der Waals surface area contributed by atoms with Gasteiger partial charge in [0.1, 0.15) is 11.9 Å². The van der Waals surface area contributed by atoms with E-state index in [2.05, 4.69) is 10.4 Å². The highest BCUT2D eigenvalue weighted by Crippen LogP contribution is 2.26. The lowest BCUT2D eigenvalue weighted by Crippen LogP contribution is -2.37. The summed E-state index contributed by atoms with van der Waals surface area (Å²) in [4.78, 5) is 25.8. The van der Waals surface area contributed by atoms with Crippen LogP contribution in [-0.4, -0.2) is 50.8 Å². The van der Waals surface area contributed by atoms with E-state index < -0.39 is 12.0 Å². The van der Waals surface area contributed by atoms with Crippen molar-refractivity contribution >= 4 is 23.5 Å². The van der Waals surface area contributed by atoms with E-state index >= 15 is 0 Å². The van der Waals surface area contributed by atoms with Gasteiger partial charge in [0.25, 0.3) is 0 Å². The van der Waals surface area contributed by atoms with Gasteiger partial charge in [-0.25, -0.2) is 4.39 Å². The smallest absolute Gasteiger partial charge is 0.320 e. The van der Waals surface area contributed by atoms with Crippen LogP contribution in [0.5, 0.6) is 0 Å². The van der Waals surface area contributed by atoms with Crippen LogP contribution in [-0.2, 0) is 29.1 Å². The number of carboxylic acids is 1. The van der Waals surface area contributed by atoms with E-state index in [4.69, 9.17) is 16.7 Å². The Bertz CT molecular complexity index is 993. The summed E-state index contributed by atoms with van der Waals surface area (Å²) in [6.45, 7) is 3.77. The van der Waals surface area contributed by atoms with Gasteiger partial charge in [-0.15, -0.1) is 0 Å². The van der Waals surface area contributed by atoms with Crippen molar-refractivity contribution in [1.29, 1.82) is 0 Å². The van der Waals surface area contributed by atoms with Crippen molar-refractivity contribution in [2.45, 2.75) is 45.3 Å². The Kier molecular flexibility index (Phi) is 5.79. The summed E-state index contributed by atoms with van der Waals surface area (Å²) in [7, 11) is 0. The molecule has 1 aromatic heterocycles. The molecule has 30 heavy (non-hydrogen) atoms. The van der Waals surface area contributed by atoms with Gasteiger partial charge in [-0.2, -0.15) is 5.10 Å². The van der Waals surface area contributed by atoms with Gasteiger partial charge in [-0.1, -0.05) is 17.7 Å². The molecule has 4 rings (SSSR count). The predicted molar refractivity (Wildman–Crippen MR) is 109 cm³/mol. The van der Waals surface area contributed by atoms with Crippen LogP contribution in [0.3, 0.4) is 0 Å². The summed E-state index contributed by atoms with van der Waals surface area (Å²) in [6.07, 6.45) is 1.49. The third-order valence-corrected chi connectivity index (χ3v) is 6.25. The first-order valence-electron chi connectivity index (χ1n) is 10.0. The number of carbonyl (C=O) groups excluding carboxylic acids is 1. The molecule has 0 radical (unpaired) electrons. The number of hydrogen-bond donors (Lipinski definition) is 2. The summed E-state index contributed by atoms with van der Waals surface area (Å²) >= 11 is 5.85. The first-order chi connectivity index (χ1) is 14.3. The Hall–Kier alpha value is -2.45. The number of halogens is 2. The Labute approximate surface area is 178 Å². The van der Waals surface area contributed by atoms with Gasteiger partial charge >= 0.3 is 5.97 Å². The lowest BCUT2D eigenvalue weighted by atomic mass is 9.99. The van der Waals surface area contributed by atoms with Gasteiger partial charge in [-0.05, 0) is 49.9 Å². The van der Waals surface area contributed by atoms with E-state index in [1.807, 2.05) is 6.92 Å². The second-order valence-corrected chi connectivity index (χ2v) is 8.51. The summed E-state index contributed by atoms with van der Waals surface area (Å²) in [6, 6.07) is 4.02. The fraction of sp³-hybridized carbons (Fsp3) is 0.476. The third kappa shape index (κ3) is 4.20. The zero-order chi connectivity index (χ0) is 21.4. The number of nitrogens with zero attached hydrogens (tertiary/aromatic N) is 3. The molecule has 1 saturated heterocycles. The Morgan fingerprint density at radius 3 is 2.90 bits per heavy atom. The molecule has 2 aromatic rings. The van der Waals surface area contributed by atoms with Crippen LogP contribution < -0.4 is 5.32 Å². The number of hydrogen-bond acceptors (Lipinski definition) is 4. The number of benzene rings is 1. The van der Waals surface area contributed by atoms with E-state index in [1.54, 1.807) is 21.7 Å². The highest BCUT2D eigenvalue weighted by atomic mass is 35.5. The van der Waals surface area contributed by atoms with Gasteiger partial charge in [0.2, 0.25) is 5.91 Å².